The van der Waals surface area contributed by atoms with Gasteiger partial charge < -0.3 is 0 Å². The molecule has 3 saturated carbocycles. The fraction of sp³-hybridized carbons (Fsp3) is 0.926. The van der Waals surface area contributed by atoms with E-state index >= 15 is 0 Å². The van der Waals surface area contributed by atoms with Crippen molar-refractivity contribution in [1.82, 2.24) is 0 Å². The predicted molar refractivity (Wildman–Crippen MR) is 118 cm³/mol. The normalized spacial score (nSPS) is 46.5. The molecule has 0 nitrogen and oxygen atoms in total. The van der Waals surface area contributed by atoms with Gasteiger partial charge >= 0.3 is 0 Å². The quantitative estimate of drug-likeness (QED) is 0.415. The number of halogens is 1. The second-order valence-electron chi connectivity index (χ2n) is 12.1. The summed E-state index contributed by atoms with van der Waals surface area (Å²) in [6.07, 6.45) is 15.8. The smallest absolute Gasteiger partial charge is 0.104 e. The molecule has 4 aliphatic rings. The van der Waals surface area contributed by atoms with Gasteiger partial charge in [-0.25, -0.2) is 4.39 Å². The number of allylic oxidation sites excluding steroid dienone is 2. The molecule has 0 aromatic heterocycles. The largest absolute Gasteiger partial charge is 0.247 e. The van der Waals surface area contributed by atoms with Gasteiger partial charge in [0.15, 0.2) is 0 Å². The highest BCUT2D eigenvalue weighted by Crippen LogP contribution is 2.67. The Hall–Kier alpha value is -0.330. The molecular formula is C27H45F. The number of hydrogen-bond donors (Lipinski definition) is 0. The molecule has 0 spiro atoms. The van der Waals surface area contributed by atoms with Crippen LogP contribution in [0.2, 0.25) is 0 Å². The SMILES string of the molecule is CC(C)CCC[C@@H](C)[C@H]1CCC2C3CC=C4C[C@@H](F)CC[C@]4(C)C3CC[C@@]21C. The minimum atomic E-state index is -0.577. The highest BCUT2D eigenvalue weighted by molar-refractivity contribution is 5.25. The lowest BCUT2D eigenvalue weighted by molar-refractivity contribution is -0.0537. The van der Waals surface area contributed by atoms with E-state index in [1.807, 2.05) is 0 Å². The van der Waals surface area contributed by atoms with Gasteiger partial charge in [-0.1, -0.05) is 65.5 Å². The average molecular weight is 389 g/mol. The molecule has 4 aliphatic carbocycles. The number of alkyl halides is 1. The van der Waals surface area contributed by atoms with Gasteiger partial charge in [0.25, 0.3) is 0 Å². The highest BCUT2D eigenvalue weighted by Gasteiger charge is 2.59. The summed E-state index contributed by atoms with van der Waals surface area (Å²) in [4.78, 5) is 0. The molecule has 28 heavy (non-hydrogen) atoms. The maximum absolute atomic E-state index is 14.1. The van der Waals surface area contributed by atoms with Gasteiger partial charge in [0.1, 0.15) is 6.17 Å². The summed E-state index contributed by atoms with van der Waals surface area (Å²) in [6, 6.07) is 0. The van der Waals surface area contributed by atoms with Gasteiger partial charge in [-0.15, -0.1) is 0 Å². The molecule has 0 saturated heterocycles. The van der Waals surface area contributed by atoms with E-state index in [2.05, 4.69) is 40.7 Å². The lowest BCUT2D eigenvalue weighted by Crippen LogP contribution is -2.50. The molecule has 8 atom stereocenters. The monoisotopic (exact) mass is 388 g/mol. The van der Waals surface area contributed by atoms with Gasteiger partial charge in [-0.05, 0) is 91.3 Å². The Morgan fingerprint density at radius 1 is 1.00 bits per heavy atom. The molecule has 160 valence electrons. The first-order chi connectivity index (χ1) is 13.3. The van der Waals surface area contributed by atoms with Crippen LogP contribution in [0, 0.1) is 46.3 Å². The third-order valence-electron chi connectivity index (χ3n) is 10.2. The van der Waals surface area contributed by atoms with Gasteiger partial charge in [-0.2, -0.15) is 0 Å². The molecule has 4 rings (SSSR count). The fourth-order valence-corrected chi connectivity index (χ4v) is 8.64. The summed E-state index contributed by atoms with van der Waals surface area (Å²) in [5.74, 6) is 5.28. The summed E-state index contributed by atoms with van der Waals surface area (Å²) in [7, 11) is 0. The van der Waals surface area contributed by atoms with Crippen LogP contribution in [-0.2, 0) is 0 Å². The van der Waals surface area contributed by atoms with E-state index in [-0.39, 0.29) is 0 Å². The first-order valence-corrected chi connectivity index (χ1v) is 12.6. The van der Waals surface area contributed by atoms with E-state index in [1.54, 1.807) is 0 Å². The molecule has 0 bridgehead atoms. The van der Waals surface area contributed by atoms with Crippen molar-refractivity contribution in [3.8, 4) is 0 Å². The minimum Gasteiger partial charge on any atom is -0.247 e. The Balaban J connectivity index is 1.49. The lowest BCUT2D eigenvalue weighted by Gasteiger charge is -2.58. The molecule has 0 aromatic carbocycles. The second-order valence-corrected chi connectivity index (χ2v) is 12.1. The minimum absolute atomic E-state index is 0.313. The van der Waals surface area contributed by atoms with Crippen LogP contribution in [0.4, 0.5) is 4.39 Å². The molecule has 3 unspecified atom stereocenters. The van der Waals surface area contributed by atoms with Crippen molar-refractivity contribution >= 4 is 0 Å². The molecule has 0 heterocycles. The fourth-order valence-electron chi connectivity index (χ4n) is 8.64. The Bertz CT molecular complexity index is 591. The topological polar surface area (TPSA) is 0 Å². The maximum Gasteiger partial charge on any atom is 0.104 e. The molecule has 0 aromatic rings. The molecule has 1 heteroatoms. The number of rotatable bonds is 5. The Kier molecular flexibility index (Phi) is 5.78. The van der Waals surface area contributed by atoms with Crippen LogP contribution in [0.1, 0.15) is 105 Å². The van der Waals surface area contributed by atoms with Crippen LogP contribution in [-0.4, -0.2) is 6.17 Å². The van der Waals surface area contributed by atoms with Crippen LogP contribution in [0.15, 0.2) is 11.6 Å². The number of fused-ring (bicyclic) bond motifs is 5. The first-order valence-electron chi connectivity index (χ1n) is 12.6. The van der Waals surface area contributed by atoms with Crippen molar-refractivity contribution in [1.29, 1.82) is 0 Å². The number of hydrogen-bond acceptors (Lipinski definition) is 0. The van der Waals surface area contributed by atoms with Crippen LogP contribution in [0.5, 0.6) is 0 Å². The van der Waals surface area contributed by atoms with E-state index in [4.69, 9.17) is 0 Å². The zero-order valence-electron chi connectivity index (χ0n) is 19.3. The predicted octanol–water partition coefficient (Wildman–Crippen LogP) is 8.37. The molecule has 0 aliphatic heterocycles. The molecular weight excluding hydrogens is 343 g/mol. The van der Waals surface area contributed by atoms with Crippen molar-refractivity contribution in [2.24, 2.45) is 46.3 Å². The Morgan fingerprint density at radius 3 is 2.54 bits per heavy atom. The van der Waals surface area contributed by atoms with Crippen LogP contribution >= 0.6 is 0 Å². The summed E-state index contributed by atoms with van der Waals surface area (Å²) in [5, 5.41) is 0. The average Bonchev–Trinajstić information content (AvgIpc) is 2.99. The summed E-state index contributed by atoms with van der Waals surface area (Å²) < 4.78 is 14.1. The van der Waals surface area contributed by atoms with E-state index in [0.717, 1.165) is 54.8 Å². The third kappa shape index (κ3) is 3.41. The maximum atomic E-state index is 14.1. The highest BCUT2D eigenvalue weighted by atomic mass is 19.1. The van der Waals surface area contributed by atoms with Crippen LogP contribution in [0.25, 0.3) is 0 Å². The van der Waals surface area contributed by atoms with E-state index in [1.165, 1.54) is 56.9 Å². The first kappa shape index (κ1) is 20.9. The zero-order valence-corrected chi connectivity index (χ0v) is 19.3. The van der Waals surface area contributed by atoms with Crippen molar-refractivity contribution in [2.45, 2.75) is 111 Å². The van der Waals surface area contributed by atoms with Crippen molar-refractivity contribution < 1.29 is 4.39 Å². The summed E-state index contributed by atoms with van der Waals surface area (Å²) in [6.45, 7) is 12.5. The van der Waals surface area contributed by atoms with Crippen molar-refractivity contribution in [2.75, 3.05) is 0 Å². The van der Waals surface area contributed by atoms with Gasteiger partial charge in [0.05, 0.1) is 0 Å². The van der Waals surface area contributed by atoms with E-state index in [0.29, 0.717) is 10.8 Å². The van der Waals surface area contributed by atoms with Crippen molar-refractivity contribution in [3.63, 3.8) is 0 Å². The summed E-state index contributed by atoms with van der Waals surface area (Å²) >= 11 is 0. The molecule has 0 amide bonds. The lowest BCUT2D eigenvalue weighted by atomic mass is 9.47. The van der Waals surface area contributed by atoms with Crippen molar-refractivity contribution in [3.05, 3.63) is 11.6 Å². The van der Waals surface area contributed by atoms with Gasteiger partial charge in [-0.3, -0.25) is 0 Å². The Morgan fingerprint density at radius 2 is 1.79 bits per heavy atom. The zero-order chi connectivity index (χ0) is 20.1. The van der Waals surface area contributed by atoms with Crippen LogP contribution in [0.3, 0.4) is 0 Å². The third-order valence-corrected chi connectivity index (χ3v) is 10.2. The summed E-state index contributed by atoms with van der Waals surface area (Å²) in [5.41, 5.74) is 2.37. The Labute approximate surface area is 174 Å². The molecule has 0 radical (unpaired) electrons. The van der Waals surface area contributed by atoms with Crippen LogP contribution < -0.4 is 0 Å². The second kappa shape index (κ2) is 7.73. The van der Waals surface area contributed by atoms with E-state index < -0.39 is 6.17 Å². The van der Waals surface area contributed by atoms with E-state index in [9.17, 15) is 4.39 Å². The molecule has 0 N–H and O–H groups in total. The molecule has 3 fully saturated rings. The standard InChI is InChI=1S/C27H45F/c1-18(2)7-6-8-19(3)23-11-12-24-22-10-9-20-17-21(28)13-15-26(20,4)25(22)14-16-27(23,24)5/h9,18-19,21-25H,6-8,10-17H2,1-5H3/t19-,21+,22?,23-,24?,25?,26+,27-/m1/s1. The van der Waals surface area contributed by atoms with Gasteiger partial charge in [0.2, 0.25) is 0 Å². The van der Waals surface area contributed by atoms with Gasteiger partial charge in [0, 0.05) is 6.42 Å².